The fourth-order valence-corrected chi connectivity index (χ4v) is 14.5. The van der Waals surface area contributed by atoms with Gasteiger partial charge >= 0.3 is 0 Å². The summed E-state index contributed by atoms with van der Waals surface area (Å²) in [5.74, 6) is 0.400. The van der Waals surface area contributed by atoms with Gasteiger partial charge in [0.2, 0.25) is 11.8 Å². The zero-order chi connectivity index (χ0) is 53.7. The van der Waals surface area contributed by atoms with Gasteiger partial charge in [0.1, 0.15) is 11.5 Å². The first-order valence-electron chi connectivity index (χ1n) is 27.1. The maximum absolute atomic E-state index is 15.9. The molecule has 0 saturated carbocycles. The number of ether oxygens (including phenoxy) is 3. The van der Waals surface area contributed by atoms with Gasteiger partial charge in [-0.15, -0.1) is 5.10 Å². The summed E-state index contributed by atoms with van der Waals surface area (Å²) in [7, 11) is -3.09. The van der Waals surface area contributed by atoms with E-state index in [1.165, 1.54) is 0 Å². The molecular weight excluding hydrogens is 985 g/mol. The van der Waals surface area contributed by atoms with Gasteiger partial charge in [0.05, 0.1) is 60.7 Å². The van der Waals surface area contributed by atoms with Gasteiger partial charge in [-0.3, -0.25) is 28.9 Å². The lowest BCUT2D eigenvalue weighted by atomic mass is 9.82. The predicted octanol–water partition coefficient (Wildman–Crippen LogP) is 5.95. The highest BCUT2D eigenvalue weighted by molar-refractivity contribution is 6.71. The standard InChI is InChI=1S/C57H74N8O10Si/c1-6-73-44-17-20-49-39(30-44)32-47(58-24-8-10-27-66)54(69)64(49)42-14-12-38(13-15-42)35-63-51-19-16-43(65-50-21-18-45(74-7-2)31-40(50)33-48(55(65)70)59-25-9-11-28-67)34-46(51)57(56(63)71)37(3)53(76(4,5)72)52(75-57)22-26-62-36-41(23-29-68)60-61-62/h12-21,30-31,34,36-37,47-48,52-53,58-59,66-68,72H,6-11,22-29,32-33,35H2,1-5H3/t37-,47?,48?,52+,53-,57+/m0/s1. The molecule has 4 aliphatic heterocycles. The average molecular weight is 1060 g/mol. The van der Waals surface area contributed by atoms with E-state index in [-0.39, 0.29) is 44.1 Å². The maximum atomic E-state index is 15.9. The van der Waals surface area contributed by atoms with E-state index in [9.17, 15) is 29.7 Å². The van der Waals surface area contributed by atoms with Crippen molar-refractivity contribution in [1.82, 2.24) is 25.6 Å². The summed E-state index contributed by atoms with van der Waals surface area (Å²) in [4.78, 5) is 62.5. The number of carbonyl (C=O) groups excluding carboxylic acids is 3. The molecule has 1 saturated heterocycles. The van der Waals surface area contributed by atoms with Gasteiger partial charge in [-0.2, -0.15) is 0 Å². The smallest absolute Gasteiger partial charge is 0.264 e. The van der Waals surface area contributed by atoms with Crippen molar-refractivity contribution in [3.8, 4) is 11.5 Å². The number of fused-ring (bicyclic) bond motifs is 4. The van der Waals surface area contributed by atoms with Crippen LogP contribution in [0.2, 0.25) is 18.6 Å². The van der Waals surface area contributed by atoms with Gasteiger partial charge in [0.25, 0.3) is 5.91 Å². The molecule has 4 aliphatic rings. The third-order valence-corrected chi connectivity index (χ3v) is 17.9. The van der Waals surface area contributed by atoms with Crippen LogP contribution in [0, 0.1) is 5.92 Å². The van der Waals surface area contributed by atoms with Crippen LogP contribution in [0.3, 0.4) is 0 Å². The number of nitrogens with one attached hydrogen (secondary N) is 2. The molecule has 0 radical (unpaired) electrons. The molecule has 2 unspecified atom stereocenters. The van der Waals surface area contributed by atoms with E-state index < -0.39 is 43.6 Å². The molecule has 406 valence electrons. The predicted molar refractivity (Wildman–Crippen MR) is 292 cm³/mol. The number of hydrogen-bond acceptors (Lipinski definition) is 14. The highest BCUT2D eigenvalue weighted by atomic mass is 28.4. The molecule has 76 heavy (non-hydrogen) atoms. The summed E-state index contributed by atoms with van der Waals surface area (Å²) in [6.45, 7) is 12.4. The van der Waals surface area contributed by atoms with Crippen LogP contribution in [0.4, 0.5) is 28.4 Å². The zero-order valence-electron chi connectivity index (χ0n) is 44.4. The van der Waals surface area contributed by atoms with Crippen molar-refractivity contribution < 1.29 is 48.7 Å². The van der Waals surface area contributed by atoms with Gasteiger partial charge in [0, 0.05) is 67.4 Å². The zero-order valence-corrected chi connectivity index (χ0v) is 45.4. The first kappa shape index (κ1) is 54.7. The van der Waals surface area contributed by atoms with Crippen molar-refractivity contribution in [3.63, 3.8) is 0 Å². The van der Waals surface area contributed by atoms with Crippen LogP contribution >= 0.6 is 0 Å². The van der Waals surface area contributed by atoms with Crippen LogP contribution in [-0.4, -0.2) is 125 Å². The fraction of sp³-hybridized carbons (Fsp3) is 0.491. The van der Waals surface area contributed by atoms with Gasteiger partial charge in [-0.05, 0) is 168 Å². The maximum Gasteiger partial charge on any atom is 0.264 e. The van der Waals surface area contributed by atoms with E-state index in [0.29, 0.717) is 118 Å². The van der Waals surface area contributed by atoms with Crippen molar-refractivity contribution in [3.05, 3.63) is 113 Å². The van der Waals surface area contributed by atoms with Crippen LogP contribution in [-0.2, 0) is 57.1 Å². The number of aryl methyl sites for hydroxylation is 1. The topological polar surface area (TPSA) is 224 Å². The molecule has 5 aromatic rings. The summed E-state index contributed by atoms with van der Waals surface area (Å²) < 4.78 is 20.8. The fourth-order valence-electron chi connectivity index (χ4n) is 11.9. The van der Waals surface area contributed by atoms with E-state index in [0.717, 1.165) is 34.5 Å². The van der Waals surface area contributed by atoms with E-state index in [1.54, 1.807) is 25.6 Å². The largest absolute Gasteiger partial charge is 0.494 e. The molecule has 0 aliphatic carbocycles. The normalized spacial score (nSPS) is 22.1. The second-order valence-corrected chi connectivity index (χ2v) is 24.9. The Labute approximate surface area is 446 Å². The summed E-state index contributed by atoms with van der Waals surface area (Å²) in [5, 5.41) is 43.8. The van der Waals surface area contributed by atoms with Crippen LogP contribution in [0.5, 0.6) is 11.5 Å². The lowest BCUT2D eigenvalue weighted by Crippen LogP contribution is -2.49. The van der Waals surface area contributed by atoms with Crippen molar-refractivity contribution in [2.45, 2.75) is 128 Å². The Bertz CT molecular complexity index is 2860. The molecule has 18 nitrogen and oxygen atoms in total. The van der Waals surface area contributed by atoms with Crippen LogP contribution in [0.25, 0.3) is 0 Å². The first-order chi connectivity index (χ1) is 36.7. The lowest BCUT2D eigenvalue weighted by molar-refractivity contribution is -0.146. The molecule has 4 aromatic carbocycles. The minimum Gasteiger partial charge on any atom is -0.494 e. The Balaban J connectivity index is 1.09. The Kier molecular flexibility index (Phi) is 17.1. The SMILES string of the molecule is CCOc1ccc2c(c1)CC(NCCCCO)C(=O)N2c1ccc(CN2C(=O)[C@]3(O[C@H](CCn4cc(CCO)nn4)[C@@H]([Si](C)(C)O)[C@@H]3C)c3cc(N4C(=O)C(NCCCCO)Cc5cc(OCC)ccc54)ccc32)cc1. The van der Waals surface area contributed by atoms with E-state index in [2.05, 4.69) is 20.9 Å². The average Bonchev–Trinajstić information content (AvgIpc) is 4.05. The number of unbranched alkanes of at least 4 members (excludes halogenated alkanes) is 2. The molecule has 1 aromatic heterocycles. The van der Waals surface area contributed by atoms with Crippen molar-refractivity contribution in [2.75, 3.05) is 60.8 Å². The number of carbonyl (C=O) groups is 3. The lowest BCUT2D eigenvalue weighted by Gasteiger charge is -2.36. The number of aliphatic hydroxyl groups is 3. The monoisotopic (exact) mass is 1060 g/mol. The third kappa shape index (κ3) is 10.9. The van der Waals surface area contributed by atoms with Crippen molar-refractivity contribution >= 4 is 54.5 Å². The minimum absolute atomic E-state index is 0.0557. The molecule has 1 spiro atoms. The van der Waals surface area contributed by atoms with Crippen molar-refractivity contribution in [1.29, 1.82) is 0 Å². The van der Waals surface area contributed by atoms with E-state index in [1.807, 2.05) is 113 Å². The molecular formula is C57H74N8O10Si. The Hall–Kier alpha value is -6.03. The minimum atomic E-state index is -3.09. The highest BCUT2D eigenvalue weighted by Crippen LogP contribution is 2.60. The Morgan fingerprint density at radius 2 is 1.30 bits per heavy atom. The second-order valence-electron chi connectivity index (χ2n) is 20.9. The van der Waals surface area contributed by atoms with Gasteiger partial charge in [-0.25, -0.2) is 0 Å². The van der Waals surface area contributed by atoms with Gasteiger partial charge in [-0.1, -0.05) is 24.3 Å². The summed E-state index contributed by atoms with van der Waals surface area (Å²) in [6, 6.07) is 23.9. The molecule has 1 fully saturated rings. The Morgan fingerprint density at radius 3 is 1.86 bits per heavy atom. The molecule has 19 heteroatoms. The van der Waals surface area contributed by atoms with Gasteiger partial charge in [0.15, 0.2) is 13.9 Å². The number of nitrogens with zero attached hydrogens (tertiary/aromatic N) is 6. The molecule has 5 heterocycles. The number of benzene rings is 4. The van der Waals surface area contributed by atoms with E-state index >= 15 is 4.79 Å². The molecule has 6 N–H and O–H groups in total. The third-order valence-electron chi connectivity index (χ3n) is 15.4. The van der Waals surface area contributed by atoms with Crippen LogP contribution in [0.1, 0.15) is 80.8 Å². The number of aromatic nitrogens is 3. The summed E-state index contributed by atoms with van der Waals surface area (Å²) >= 11 is 0. The van der Waals surface area contributed by atoms with Crippen LogP contribution in [0.15, 0.2) is 85.1 Å². The number of amides is 3. The summed E-state index contributed by atoms with van der Waals surface area (Å²) in [5.41, 5.74) is 5.35. The quantitative estimate of drug-likeness (QED) is 0.0311. The number of aliphatic hydroxyl groups excluding tert-OH is 3. The molecule has 6 atom stereocenters. The molecule has 0 bridgehead atoms. The molecule has 3 amide bonds. The van der Waals surface area contributed by atoms with Gasteiger partial charge < -0.3 is 49.9 Å². The second kappa shape index (κ2) is 23.7. The summed E-state index contributed by atoms with van der Waals surface area (Å²) in [6.07, 6.45) is 5.62. The molecule has 9 rings (SSSR count). The first-order valence-corrected chi connectivity index (χ1v) is 30.1. The van der Waals surface area contributed by atoms with E-state index in [4.69, 9.17) is 14.2 Å². The highest BCUT2D eigenvalue weighted by Gasteiger charge is 2.66. The number of anilines is 5. The van der Waals surface area contributed by atoms with Crippen LogP contribution < -0.4 is 34.8 Å². The number of hydrogen-bond donors (Lipinski definition) is 6. The van der Waals surface area contributed by atoms with Crippen molar-refractivity contribution in [2.24, 2.45) is 5.92 Å². The number of rotatable bonds is 24. The Morgan fingerprint density at radius 1 is 0.737 bits per heavy atom.